The first-order chi connectivity index (χ1) is 15.3. The van der Waals surface area contributed by atoms with Crippen LogP contribution in [0.3, 0.4) is 0 Å². The molecule has 2 aromatic heterocycles. The fourth-order valence-corrected chi connectivity index (χ4v) is 4.27. The second kappa shape index (κ2) is 10.3. The molecule has 0 unspecified atom stereocenters. The standard InChI is InChI=1S/C19H19F3N4O2S.C3H8/c1-28-15-8-13-11(9-26(25-13)12-5-3-2-4-6-12)7-14(15)23-17(27)18-24-16(10-29-18)19(20,21)22;1-3-2/h7-10,12H,2-6H2,1H3,(H,23,27);3H2,1-2H3. The predicted molar refractivity (Wildman–Crippen MR) is 119 cm³/mol. The Morgan fingerprint density at radius 2 is 1.94 bits per heavy atom. The number of hydrogen-bond acceptors (Lipinski definition) is 5. The van der Waals surface area contributed by atoms with E-state index in [0.717, 1.165) is 29.1 Å². The maximum absolute atomic E-state index is 12.7. The zero-order valence-corrected chi connectivity index (χ0v) is 19.1. The number of nitrogens with one attached hydrogen (secondary N) is 1. The molecular formula is C22H27F3N4O2S. The van der Waals surface area contributed by atoms with Crippen molar-refractivity contribution in [3.05, 3.63) is 34.4 Å². The Labute approximate surface area is 188 Å². The fourth-order valence-electron chi connectivity index (χ4n) is 3.55. The first-order valence-corrected chi connectivity index (χ1v) is 11.6. The first kappa shape index (κ1) is 24.0. The van der Waals surface area contributed by atoms with Gasteiger partial charge in [0.05, 0.1) is 24.4 Å². The van der Waals surface area contributed by atoms with Crippen molar-refractivity contribution in [1.82, 2.24) is 14.8 Å². The van der Waals surface area contributed by atoms with Gasteiger partial charge < -0.3 is 10.1 Å². The van der Waals surface area contributed by atoms with Crippen LogP contribution >= 0.6 is 11.3 Å². The third-order valence-corrected chi connectivity index (χ3v) is 5.87. The zero-order chi connectivity index (χ0) is 23.3. The lowest BCUT2D eigenvalue weighted by Crippen LogP contribution is -2.13. The number of alkyl halides is 3. The Kier molecular flexibility index (Phi) is 7.76. The summed E-state index contributed by atoms with van der Waals surface area (Å²) in [6.45, 7) is 4.25. The van der Waals surface area contributed by atoms with Crippen molar-refractivity contribution in [3.63, 3.8) is 0 Å². The molecule has 10 heteroatoms. The third kappa shape index (κ3) is 5.59. The molecule has 1 aliphatic rings. The first-order valence-electron chi connectivity index (χ1n) is 10.7. The van der Waals surface area contributed by atoms with Crippen LogP contribution in [0.2, 0.25) is 0 Å². The molecule has 1 aromatic carbocycles. The molecule has 32 heavy (non-hydrogen) atoms. The van der Waals surface area contributed by atoms with Crippen LogP contribution in [-0.2, 0) is 6.18 Å². The minimum atomic E-state index is -4.58. The lowest BCUT2D eigenvalue weighted by molar-refractivity contribution is -0.140. The highest BCUT2D eigenvalue weighted by atomic mass is 32.1. The number of fused-ring (bicyclic) bond motifs is 1. The molecule has 0 aliphatic heterocycles. The second-order valence-electron chi connectivity index (χ2n) is 7.71. The molecule has 0 spiro atoms. The maximum atomic E-state index is 12.7. The van der Waals surface area contributed by atoms with Gasteiger partial charge in [0.15, 0.2) is 10.7 Å². The number of ether oxygens (including phenoxy) is 1. The van der Waals surface area contributed by atoms with Crippen molar-refractivity contribution in [2.75, 3.05) is 12.4 Å². The number of carbonyl (C=O) groups is 1. The lowest BCUT2D eigenvalue weighted by Gasteiger charge is -2.21. The number of halogens is 3. The molecule has 0 radical (unpaired) electrons. The molecule has 0 saturated heterocycles. The van der Waals surface area contributed by atoms with Gasteiger partial charge in [-0.1, -0.05) is 39.5 Å². The number of benzene rings is 1. The number of anilines is 1. The molecule has 174 valence electrons. The summed E-state index contributed by atoms with van der Waals surface area (Å²) in [6.07, 6.45) is 4.37. The van der Waals surface area contributed by atoms with Crippen LogP contribution in [-0.4, -0.2) is 27.8 Å². The van der Waals surface area contributed by atoms with Gasteiger partial charge in [0.1, 0.15) is 5.75 Å². The summed E-state index contributed by atoms with van der Waals surface area (Å²) in [5.41, 5.74) is 0.0137. The van der Waals surface area contributed by atoms with Crippen molar-refractivity contribution >= 4 is 33.8 Å². The number of hydrogen-bond donors (Lipinski definition) is 1. The van der Waals surface area contributed by atoms with Crippen LogP contribution in [0.25, 0.3) is 10.9 Å². The Bertz CT molecular complexity index is 1060. The van der Waals surface area contributed by atoms with Gasteiger partial charge in [-0.25, -0.2) is 4.98 Å². The van der Waals surface area contributed by atoms with Crippen LogP contribution in [0.1, 0.15) is 73.9 Å². The van der Waals surface area contributed by atoms with Crippen molar-refractivity contribution < 1.29 is 22.7 Å². The van der Waals surface area contributed by atoms with Gasteiger partial charge >= 0.3 is 6.18 Å². The smallest absolute Gasteiger partial charge is 0.434 e. The van der Waals surface area contributed by atoms with Crippen LogP contribution in [0, 0.1) is 0 Å². The molecule has 3 aromatic rings. The molecule has 1 N–H and O–H groups in total. The van der Waals surface area contributed by atoms with Crippen molar-refractivity contribution in [2.45, 2.75) is 64.6 Å². The molecule has 1 fully saturated rings. The third-order valence-electron chi connectivity index (χ3n) is 5.03. The quantitative estimate of drug-likeness (QED) is 0.463. The number of rotatable bonds is 4. The number of nitrogens with zero attached hydrogens (tertiary/aromatic N) is 3. The van der Waals surface area contributed by atoms with E-state index in [1.165, 1.54) is 32.8 Å². The van der Waals surface area contributed by atoms with Crippen molar-refractivity contribution in [2.24, 2.45) is 0 Å². The summed E-state index contributed by atoms with van der Waals surface area (Å²) in [5, 5.41) is 8.62. The molecule has 4 rings (SSSR count). The summed E-state index contributed by atoms with van der Waals surface area (Å²) >= 11 is 0.643. The van der Waals surface area contributed by atoms with Gasteiger partial charge in [-0.2, -0.15) is 18.3 Å². The van der Waals surface area contributed by atoms with Crippen LogP contribution < -0.4 is 10.1 Å². The number of carbonyl (C=O) groups excluding carboxylic acids is 1. The summed E-state index contributed by atoms with van der Waals surface area (Å²) in [6, 6.07) is 3.79. The number of methoxy groups -OCH3 is 1. The Morgan fingerprint density at radius 1 is 1.25 bits per heavy atom. The van der Waals surface area contributed by atoms with Gasteiger partial charge in [0, 0.05) is 23.0 Å². The van der Waals surface area contributed by atoms with Crippen LogP contribution in [0.15, 0.2) is 23.7 Å². The molecule has 1 aliphatic carbocycles. The van der Waals surface area contributed by atoms with Crippen LogP contribution in [0.5, 0.6) is 5.75 Å². The van der Waals surface area contributed by atoms with Crippen molar-refractivity contribution in [1.29, 1.82) is 0 Å². The number of aromatic nitrogens is 3. The van der Waals surface area contributed by atoms with Crippen molar-refractivity contribution in [3.8, 4) is 5.75 Å². The molecule has 1 saturated carbocycles. The Morgan fingerprint density at radius 3 is 2.53 bits per heavy atom. The summed E-state index contributed by atoms with van der Waals surface area (Å²) in [7, 11) is 1.46. The second-order valence-corrected chi connectivity index (χ2v) is 8.57. The monoisotopic (exact) mass is 468 g/mol. The summed E-state index contributed by atoms with van der Waals surface area (Å²) in [5.74, 6) is -0.338. The van der Waals surface area contributed by atoms with Gasteiger partial charge in [-0.3, -0.25) is 9.48 Å². The Hall–Kier alpha value is -2.62. The average molecular weight is 469 g/mol. The molecular weight excluding hydrogens is 441 g/mol. The minimum absolute atomic E-state index is 0.266. The van der Waals surface area contributed by atoms with E-state index < -0.39 is 17.8 Å². The summed E-state index contributed by atoms with van der Waals surface area (Å²) < 4.78 is 45.5. The van der Waals surface area contributed by atoms with E-state index in [9.17, 15) is 18.0 Å². The number of thiazole rings is 1. The van der Waals surface area contributed by atoms with E-state index in [4.69, 9.17) is 4.74 Å². The van der Waals surface area contributed by atoms with E-state index in [2.05, 4.69) is 29.2 Å². The molecule has 6 nitrogen and oxygen atoms in total. The number of amides is 1. The van der Waals surface area contributed by atoms with Gasteiger partial charge in [0.2, 0.25) is 0 Å². The van der Waals surface area contributed by atoms with Gasteiger partial charge in [-0.05, 0) is 18.9 Å². The van der Waals surface area contributed by atoms with E-state index in [1.807, 2.05) is 10.9 Å². The summed E-state index contributed by atoms with van der Waals surface area (Å²) in [4.78, 5) is 15.8. The topological polar surface area (TPSA) is 69.0 Å². The molecule has 1 amide bonds. The van der Waals surface area contributed by atoms with E-state index >= 15 is 0 Å². The maximum Gasteiger partial charge on any atom is 0.434 e. The van der Waals surface area contributed by atoms with Crippen LogP contribution in [0.4, 0.5) is 18.9 Å². The largest absolute Gasteiger partial charge is 0.494 e. The Balaban J connectivity index is 0.000000913. The van der Waals surface area contributed by atoms with Gasteiger partial charge in [-0.15, -0.1) is 11.3 Å². The molecule has 2 heterocycles. The SMILES string of the molecule is CCC.COc1cc2nn(C3CCCCC3)cc2cc1NC(=O)c1nc(C(F)(F)F)cs1. The predicted octanol–water partition coefficient (Wildman–Crippen LogP) is 6.69. The normalized spacial score (nSPS) is 14.7. The van der Waals surface area contributed by atoms with E-state index in [1.54, 1.807) is 12.1 Å². The highest BCUT2D eigenvalue weighted by Crippen LogP contribution is 2.34. The lowest BCUT2D eigenvalue weighted by atomic mass is 9.96. The van der Waals surface area contributed by atoms with E-state index in [0.29, 0.717) is 28.8 Å². The molecule has 0 atom stereocenters. The van der Waals surface area contributed by atoms with Gasteiger partial charge in [0.25, 0.3) is 5.91 Å². The average Bonchev–Trinajstić information content (AvgIpc) is 3.41. The minimum Gasteiger partial charge on any atom is -0.494 e. The molecule has 0 bridgehead atoms. The fraction of sp³-hybridized carbons (Fsp3) is 0.500. The highest BCUT2D eigenvalue weighted by Gasteiger charge is 2.34. The zero-order valence-electron chi connectivity index (χ0n) is 18.3. The van der Waals surface area contributed by atoms with E-state index in [-0.39, 0.29) is 5.01 Å². The highest BCUT2D eigenvalue weighted by molar-refractivity contribution is 7.11.